The third-order valence-corrected chi connectivity index (χ3v) is 6.57. The van der Waals surface area contributed by atoms with Gasteiger partial charge in [-0.25, -0.2) is 0 Å². The first-order valence-electron chi connectivity index (χ1n) is 6.87. The van der Waals surface area contributed by atoms with Crippen LogP contribution in [0.5, 0.6) is 0 Å². The van der Waals surface area contributed by atoms with E-state index in [-0.39, 0.29) is 25.6 Å². The summed E-state index contributed by atoms with van der Waals surface area (Å²) in [4.78, 5) is 0. The van der Waals surface area contributed by atoms with Gasteiger partial charge in [-0.2, -0.15) is 0 Å². The van der Waals surface area contributed by atoms with E-state index in [9.17, 15) is 0 Å². The number of hydrogen-bond donors (Lipinski definition) is 2. The van der Waals surface area contributed by atoms with Gasteiger partial charge in [0.1, 0.15) is 6.79 Å². The van der Waals surface area contributed by atoms with Crippen molar-refractivity contribution >= 4 is 23.5 Å². The average molecular weight is 310 g/mol. The lowest BCUT2D eigenvalue weighted by atomic mass is 9.93. The molecule has 0 aromatic rings. The Labute approximate surface area is 124 Å². The minimum atomic E-state index is -0.294. The van der Waals surface area contributed by atoms with E-state index in [4.69, 9.17) is 19.7 Å². The van der Waals surface area contributed by atoms with Crippen molar-refractivity contribution in [2.75, 3.05) is 38.6 Å². The zero-order chi connectivity index (χ0) is 14.0. The van der Waals surface area contributed by atoms with Crippen LogP contribution in [0.3, 0.4) is 0 Å². The van der Waals surface area contributed by atoms with E-state index in [1.165, 1.54) is 6.42 Å². The van der Waals surface area contributed by atoms with Crippen LogP contribution in [-0.2, 0) is 9.47 Å². The first-order valence-corrected chi connectivity index (χ1v) is 8.96. The molecule has 0 aromatic heterocycles. The minimum absolute atomic E-state index is 0.180. The molecular weight excluding hydrogens is 284 g/mol. The Morgan fingerprint density at radius 1 is 1.11 bits per heavy atom. The Balaban J connectivity index is 2.73. The molecule has 1 aliphatic rings. The summed E-state index contributed by atoms with van der Waals surface area (Å²) in [5.74, 6) is 2.32. The van der Waals surface area contributed by atoms with Crippen molar-refractivity contribution in [1.29, 1.82) is 0 Å². The molecule has 1 fully saturated rings. The molecule has 0 radical (unpaired) electrons. The van der Waals surface area contributed by atoms with Crippen molar-refractivity contribution in [2.24, 2.45) is 0 Å². The minimum Gasteiger partial charge on any atom is -0.396 e. The molecule has 1 saturated heterocycles. The zero-order valence-electron chi connectivity index (χ0n) is 11.7. The lowest BCUT2D eigenvalue weighted by molar-refractivity contribution is -0.133. The first-order chi connectivity index (χ1) is 9.29. The number of methoxy groups -OCH3 is 1. The van der Waals surface area contributed by atoms with Gasteiger partial charge in [-0.1, -0.05) is 0 Å². The summed E-state index contributed by atoms with van der Waals surface area (Å²) in [7, 11) is 1.63. The molecule has 4 nitrogen and oxygen atoms in total. The molecule has 0 atom stereocenters. The maximum atomic E-state index is 9.13. The maximum absolute atomic E-state index is 9.13. The van der Waals surface area contributed by atoms with Crippen LogP contribution in [0.15, 0.2) is 0 Å². The van der Waals surface area contributed by atoms with Crippen LogP contribution >= 0.6 is 23.5 Å². The topological polar surface area (TPSA) is 58.9 Å². The molecule has 0 amide bonds. The molecular formula is C13H26O4S2. The van der Waals surface area contributed by atoms with Crippen LogP contribution in [0.25, 0.3) is 0 Å². The Morgan fingerprint density at radius 3 is 2.16 bits per heavy atom. The highest BCUT2D eigenvalue weighted by atomic mass is 32.2. The van der Waals surface area contributed by atoms with Crippen molar-refractivity contribution in [1.82, 2.24) is 0 Å². The van der Waals surface area contributed by atoms with Gasteiger partial charge in [-0.3, -0.25) is 0 Å². The van der Waals surface area contributed by atoms with Gasteiger partial charge in [0.25, 0.3) is 0 Å². The number of thioether (sulfide) groups is 2. The largest absolute Gasteiger partial charge is 0.396 e. The molecule has 0 aromatic carbocycles. The molecule has 6 heteroatoms. The fourth-order valence-corrected chi connectivity index (χ4v) is 5.71. The second-order valence-corrected chi connectivity index (χ2v) is 7.42. The van der Waals surface area contributed by atoms with Gasteiger partial charge in [-0.15, -0.1) is 23.5 Å². The number of ether oxygens (including phenoxy) is 2. The van der Waals surface area contributed by atoms with E-state index in [1.807, 2.05) is 23.5 Å². The van der Waals surface area contributed by atoms with Crippen LogP contribution in [0, 0.1) is 0 Å². The van der Waals surface area contributed by atoms with Crippen LogP contribution in [-0.4, -0.2) is 59.0 Å². The lowest BCUT2D eigenvalue weighted by Gasteiger charge is -2.41. The van der Waals surface area contributed by atoms with Gasteiger partial charge in [0.2, 0.25) is 0 Å². The van der Waals surface area contributed by atoms with Crippen LogP contribution in [0.4, 0.5) is 0 Å². The summed E-state index contributed by atoms with van der Waals surface area (Å²) in [6, 6.07) is 0. The molecule has 114 valence electrons. The van der Waals surface area contributed by atoms with Crippen LogP contribution in [0.2, 0.25) is 0 Å². The van der Waals surface area contributed by atoms with Crippen molar-refractivity contribution in [2.45, 2.75) is 42.3 Å². The fourth-order valence-electron chi connectivity index (χ4n) is 2.30. The predicted molar refractivity (Wildman–Crippen MR) is 81.7 cm³/mol. The predicted octanol–water partition coefficient (Wildman–Crippen LogP) is 2.09. The van der Waals surface area contributed by atoms with Gasteiger partial charge >= 0.3 is 0 Å². The molecule has 19 heavy (non-hydrogen) atoms. The summed E-state index contributed by atoms with van der Waals surface area (Å²) in [5, 5.41) is 18.3. The zero-order valence-corrected chi connectivity index (χ0v) is 13.3. The van der Waals surface area contributed by atoms with Crippen molar-refractivity contribution in [3.63, 3.8) is 0 Å². The van der Waals surface area contributed by atoms with E-state index in [0.29, 0.717) is 4.58 Å². The third kappa shape index (κ3) is 5.81. The van der Waals surface area contributed by atoms with Crippen LogP contribution in [0.1, 0.15) is 32.1 Å². The summed E-state index contributed by atoms with van der Waals surface area (Å²) in [5.41, 5.74) is -0.294. The quantitative estimate of drug-likeness (QED) is 0.603. The molecule has 0 bridgehead atoms. The number of aliphatic hydroxyl groups excluding tert-OH is 2. The Hall–Kier alpha value is 0.540. The first kappa shape index (κ1) is 17.6. The Morgan fingerprint density at radius 2 is 1.68 bits per heavy atom. The number of rotatable bonds is 10. The van der Waals surface area contributed by atoms with Gasteiger partial charge in [-0.05, 0) is 43.6 Å². The number of aliphatic hydroxyl groups is 2. The van der Waals surface area contributed by atoms with E-state index < -0.39 is 0 Å². The SMILES string of the molecule is COCOC(CCCO)(CCCO)C1SCCCS1. The molecule has 1 rings (SSSR count). The molecule has 0 aliphatic carbocycles. The van der Waals surface area contributed by atoms with E-state index in [2.05, 4.69) is 0 Å². The monoisotopic (exact) mass is 310 g/mol. The Bertz CT molecular complexity index is 201. The van der Waals surface area contributed by atoms with Gasteiger partial charge in [0.15, 0.2) is 0 Å². The highest BCUT2D eigenvalue weighted by Crippen LogP contribution is 2.44. The molecule has 2 N–H and O–H groups in total. The molecule has 1 heterocycles. The lowest BCUT2D eigenvalue weighted by Crippen LogP contribution is -2.44. The summed E-state index contributed by atoms with van der Waals surface area (Å²) in [6.07, 6.45) is 4.33. The van der Waals surface area contributed by atoms with Crippen molar-refractivity contribution < 1.29 is 19.7 Å². The van der Waals surface area contributed by atoms with E-state index in [1.54, 1.807) is 7.11 Å². The fraction of sp³-hybridized carbons (Fsp3) is 1.00. The normalized spacial score (nSPS) is 17.8. The smallest absolute Gasteiger partial charge is 0.147 e. The number of hydrogen-bond acceptors (Lipinski definition) is 6. The van der Waals surface area contributed by atoms with Gasteiger partial charge < -0.3 is 19.7 Å². The van der Waals surface area contributed by atoms with Crippen LogP contribution < -0.4 is 0 Å². The molecule has 1 aliphatic heterocycles. The van der Waals surface area contributed by atoms with Gasteiger partial charge in [0, 0.05) is 20.3 Å². The van der Waals surface area contributed by atoms with E-state index >= 15 is 0 Å². The van der Waals surface area contributed by atoms with E-state index in [0.717, 1.165) is 37.2 Å². The second-order valence-electron chi connectivity index (χ2n) is 4.70. The van der Waals surface area contributed by atoms with Crippen molar-refractivity contribution in [3.05, 3.63) is 0 Å². The standard InChI is InChI=1S/C13H26O4S2/c1-16-11-17-13(5-2-7-14,6-3-8-15)12-18-9-4-10-19-12/h12,14-15H,2-11H2,1H3. The van der Waals surface area contributed by atoms with Crippen molar-refractivity contribution in [3.8, 4) is 0 Å². The molecule has 0 saturated carbocycles. The highest BCUT2D eigenvalue weighted by Gasteiger charge is 2.40. The Kier molecular flexibility index (Phi) is 9.53. The average Bonchev–Trinajstić information content (AvgIpc) is 2.48. The van der Waals surface area contributed by atoms with Gasteiger partial charge in [0.05, 0.1) is 10.2 Å². The molecule has 0 spiro atoms. The third-order valence-electron chi connectivity index (χ3n) is 3.24. The highest BCUT2D eigenvalue weighted by molar-refractivity contribution is 8.17. The summed E-state index contributed by atoms with van der Waals surface area (Å²) < 4.78 is 11.5. The molecule has 0 unspecified atom stereocenters. The summed E-state index contributed by atoms with van der Waals surface area (Å²) in [6.45, 7) is 0.632. The maximum Gasteiger partial charge on any atom is 0.147 e. The summed E-state index contributed by atoms with van der Waals surface area (Å²) >= 11 is 3.88. The second kappa shape index (κ2) is 10.3.